The van der Waals surface area contributed by atoms with E-state index >= 15 is 0 Å². The summed E-state index contributed by atoms with van der Waals surface area (Å²) in [6.07, 6.45) is -3.61. The molecular formula is C34H34F3N5O7. The predicted molar refractivity (Wildman–Crippen MR) is 175 cm³/mol. The van der Waals surface area contributed by atoms with Crippen LogP contribution in [0, 0.1) is 6.92 Å². The summed E-state index contributed by atoms with van der Waals surface area (Å²) < 4.78 is 42.4. The fourth-order valence-electron chi connectivity index (χ4n) is 5.07. The van der Waals surface area contributed by atoms with Gasteiger partial charge in [-0.15, -0.1) is 0 Å². The molecule has 258 valence electrons. The van der Waals surface area contributed by atoms with Gasteiger partial charge in [-0.05, 0) is 77.9 Å². The van der Waals surface area contributed by atoms with Crippen molar-refractivity contribution in [2.24, 2.45) is 0 Å². The van der Waals surface area contributed by atoms with Crippen LogP contribution in [0.15, 0.2) is 72.9 Å². The van der Waals surface area contributed by atoms with E-state index in [-0.39, 0.29) is 25.5 Å². The molecule has 3 heterocycles. The second kappa shape index (κ2) is 15.8. The van der Waals surface area contributed by atoms with Crippen molar-refractivity contribution in [1.29, 1.82) is 0 Å². The minimum atomic E-state index is -5.08. The number of esters is 1. The normalized spacial score (nSPS) is 16.3. The van der Waals surface area contributed by atoms with Gasteiger partial charge in [0.2, 0.25) is 5.91 Å². The summed E-state index contributed by atoms with van der Waals surface area (Å²) in [5.74, 6) is -3.12. The molecule has 0 spiro atoms. The molecule has 1 aromatic heterocycles. The fourth-order valence-corrected chi connectivity index (χ4v) is 5.07. The predicted octanol–water partition coefficient (Wildman–Crippen LogP) is 5.83. The minimum absolute atomic E-state index is 0.0968. The third kappa shape index (κ3) is 9.82. The lowest BCUT2D eigenvalue weighted by atomic mass is 9.96. The maximum Gasteiger partial charge on any atom is 0.490 e. The first kappa shape index (κ1) is 36.0. The number of nitrogens with zero attached hydrogens (tertiary/aromatic N) is 1. The van der Waals surface area contributed by atoms with Gasteiger partial charge in [0, 0.05) is 29.4 Å². The Morgan fingerprint density at radius 3 is 2.53 bits per heavy atom. The maximum atomic E-state index is 14.1. The molecule has 12 nitrogen and oxygen atoms in total. The number of hydrogen-bond donors (Lipinski definition) is 5. The molecule has 0 aliphatic carbocycles. The highest BCUT2D eigenvalue weighted by Crippen LogP contribution is 2.29. The molecule has 2 amide bonds. The zero-order chi connectivity index (χ0) is 35.7. The number of alkyl halides is 3. The number of nitrogens with two attached hydrogens (primary N) is 1. The summed E-state index contributed by atoms with van der Waals surface area (Å²) in [6.45, 7) is 4.08. The van der Waals surface area contributed by atoms with Crippen LogP contribution in [0.4, 0.5) is 35.2 Å². The number of aliphatic carboxylic acids is 1. The van der Waals surface area contributed by atoms with Gasteiger partial charge in [-0.3, -0.25) is 14.9 Å². The van der Waals surface area contributed by atoms with Crippen LogP contribution in [-0.2, 0) is 30.3 Å². The minimum Gasteiger partial charge on any atom is -0.475 e. The summed E-state index contributed by atoms with van der Waals surface area (Å²) in [4.78, 5) is 52.2. The number of carboxylic acids is 1. The summed E-state index contributed by atoms with van der Waals surface area (Å²) >= 11 is 0. The number of benzene rings is 3. The lowest BCUT2D eigenvalue weighted by Gasteiger charge is -2.25. The van der Waals surface area contributed by atoms with Crippen molar-refractivity contribution < 1.29 is 46.9 Å². The standard InChI is InChI=1S/C32H33N5O5.C2HF3O2/c1-3-41-28(38)18-27-22-5-4-6-24(17-22)36-32(40)42-14-12-20-7-8-23(15-19(20)2)29(31(39)37-27)35-25-9-10-26-21(16-25)11-13-34-30(26)33;3-2(4,5)1(6)7/h4-11,13,15-17,27,29,35H,3,12,14,18H2,1-2H3,(H2,33,34)(H,36,40)(H,37,39);(H,6,7)/t27-,29+;/m0./s1. The Labute approximate surface area is 278 Å². The maximum absolute atomic E-state index is 14.1. The second-order valence-electron chi connectivity index (χ2n) is 10.9. The first-order valence-electron chi connectivity index (χ1n) is 15.0. The van der Waals surface area contributed by atoms with Crippen molar-refractivity contribution in [2.45, 2.75) is 44.9 Å². The number of amides is 2. The highest BCUT2D eigenvalue weighted by molar-refractivity contribution is 5.94. The van der Waals surface area contributed by atoms with E-state index < -0.39 is 36.3 Å². The van der Waals surface area contributed by atoms with Crippen LogP contribution in [0.25, 0.3) is 10.8 Å². The lowest BCUT2D eigenvalue weighted by Crippen LogP contribution is -2.37. The number of carbonyl (C=O) groups is 4. The Morgan fingerprint density at radius 1 is 1.08 bits per heavy atom. The number of ether oxygens (including phenoxy) is 2. The number of carbonyl (C=O) groups excluding carboxylic acids is 3. The van der Waals surface area contributed by atoms with Gasteiger partial charge in [-0.2, -0.15) is 13.2 Å². The SMILES string of the molecule is CCOC(=O)C[C@@H]1NC(=O)[C@H](Nc2ccc3c(N)nccc3c2)c2ccc(c(C)c2)CCOC(=O)Nc2cccc1c2.O=C(O)C(F)(F)F. The molecule has 2 aliphatic heterocycles. The molecule has 2 aliphatic rings. The molecule has 0 fully saturated rings. The van der Waals surface area contributed by atoms with Crippen LogP contribution in [0.2, 0.25) is 0 Å². The van der Waals surface area contributed by atoms with E-state index in [1.54, 1.807) is 37.4 Å². The smallest absolute Gasteiger partial charge is 0.475 e. The number of carboxylic acid groups (broad SMARTS) is 1. The largest absolute Gasteiger partial charge is 0.490 e. The van der Waals surface area contributed by atoms with Crippen molar-refractivity contribution in [3.63, 3.8) is 0 Å². The Bertz CT molecular complexity index is 1850. The van der Waals surface area contributed by atoms with E-state index in [0.29, 0.717) is 29.2 Å². The van der Waals surface area contributed by atoms with Gasteiger partial charge in [-0.1, -0.05) is 30.3 Å². The van der Waals surface area contributed by atoms with Gasteiger partial charge in [0.05, 0.1) is 25.7 Å². The van der Waals surface area contributed by atoms with Crippen molar-refractivity contribution >= 4 is 51.9 Å². The number of nitrogen functional groups attached to an aromatic ring is 1. The average molecular weight is 682 g/mol. The molecule has 6 rings (SSSR count). The average Bonchev–Trinajstić information content (AvgIpc) is 3.04. The van der Waals surface area contributed by atoms with Crippen molar-refractivity contribution in [1.82, 2.24) is 10.3 Å². The highest BCUT2D eigenvalue weighted by Gasteiger charge is 2.38. The monoisotopic (exact) mass is 681 g/mol. The second-order valence-corrected chi connectivity index (χ2v) is 10.9. The van der Waals surface area contributed by atoms with Crippen molar-refractivity contribution in [3.8, 4) is 0 Å². The number of rotatable bonds is 5. The Morgan fingerprint density at radius 2 is 1.84 bits per heavy atom. The number of aryl methyl sites for hydroxylation is 1. The van der Waals surface area contributed by atoms with Crippen molar-refractivity contribution in [2.75, 3.05) is 29.6 Å². The molecule has 6 N–H and O–H groups in total. The molecule has 2 atom stereocenters. The van der Waals surface area contributed by atoms with E-state index in [1.807, 2.05) is 49.4 Å². The molecule has 0 unspecified atom stereocenters. The molecule has 4 aromatic rings. The Hall–Kier alpha value is -5.86. The number of hydrogen-bond acceptors (Lipinski definition) is 9. The topological polar surface area (TPSA) is 182 Å². The number of anilines is 3. The Kier molecular flexibility index (Phi) is 11.6. The zero-order valence-electron chi connectivity index (χ0n) is 26.5. The van der Waals surface area contributed by atoms with E-state index in [4.69, 9.17) is 25.1 Å². The van der Waals surface area contributed by atoms with Gasteiger partial charge in [0.25, 0.3) is 0 Å². The van der Waals surface area contributed by atoms with E-state index in [1.165, 1.54) is 0 Å². The molecule has 0 saturated heterocycles. The van der Waals surface area contributed by atoms with Crippen molar-refractivity contribution in [3.05, 3.63) is 95.2 Å². The molecule has 3 aromatic carbocycles. The summed E-state index contributed by atoms with van der Waals surface area (Å²) in [7, 11) is 0. The summed E-state index contributed by atoms with van der Waals surface area (Å²) in [5, 5.41) is 18.0. The van der Waals surface area contributed by atoms with Gasteiger partial charge >= 0.3 is 24.2 Å². The van der Waals surface area contributed by atoms with Crippen LogP contribution < -0.4 is 21.7 Å². The van der Waals surface area contributed by atoms with E-state index in [2.05, 4.69) is 20.9 Å². The van der Waals surface area contributed by atoms with Crippen LogP contribution in [0.5, 0.6) is 0 Å². The zero-order valence-corrected chi connectivity index (χ0v) is 26.5. The highest BCUT2D eigenvalue weighted by atomic mass is 19.4. The fraction of sp³-hybridized carbons (Fsp3) is 0.265. The first-order valence-corrected chi connectivity index (χ1v) is 15.0. The van der Waals surface area contributed by atoms with Crippen LogP contribution in [0.3, 0.4) is 0 Å². The number of nitrogens with one attached hydrogen (secondary N) is 3. The third-order valence-corrected chi connectivity index (χ3v) is 7.44. The number of pyridine rings is 1. The Balaban J connectivity index is 0.000000698. The van der Waals surface area contributed by atoms with E-state index in [0.717, 1.165) is 27.5 Å². The van der Waals surface area contributed by atoms with E-state index in [9.17, 15) is 27.6 Å². The number of halogens is 3. The quantitative estimate of drug-likeness (QED) is 0.161. The molecule has 15 heteroatoms. The van der Waals surface area contributed by atoms with Crippen LogP contribution in [-0.4, -0.2) is 53.4 Å². The molecule has 49 heavy (non-hydrogen) atoms. The summed E-state index contributed by atoms with van der Waals surface area (Å²) in [5.41, 5.74) is 10.5. The van der Waals surface area contributed by atoms with Gasteiger partial charge in [-0.25, -0.2) is 14.6 Å². The van der Waals surface area contributed by atoms with Crippen LogP contribution >= 0.6 is 0 Å². The van der Waals surface area contributed by atoms with Gasteiger partial charge in [0.1, 0.15) is 11.9 Å². The van der Waals surface area contributed by atoms with Gasteiger partial charge < -0.3 is 30.9 Å². The molecular weight excluding hydrogens is 647 g/mol. The third-order valence-electron chi connectivity index (χ3n) is 7.44. The number of fused-ring (bicyclic) bond motifs is 10. The summed E-state index contributed by atoms with van der Waals surface area (Å²) in [6, 6.07) is 18.7. The molecule has 0 saturated carbocycles. The first-order chi connectivity index (χ1) is 23.2. The number of aromatic nitrogens is 1. The molecule has 0 radical (unpaired) electrons. The lowest BCUT2D eigenvalue weighted by molar-refractivity contribution is -0.192. The molecule has 4 bridgehead atoms. The van der Waals surface area contributed by atoms with Gasteiger partial charge in [0.15, 0.2) is 0 Å². The van der Waals surface area contributed by atoms with Crippen LogP contribution in [0.1, 0.15) is 47.7 Å².